The summed E-state index contributed by atoms with van der Waals surface area (Å²) in [5, 5.41) is 2.20. The Morgan fingerprint density at radius 2 is 1.96 bits per heavy atom. The monoisotopic (exact) mass is 304 g/mol. The van der Waals surface area contributed by atoms with Crippen LogP contribution in [0.1, 0.15) is 21.6 Å². The molecule has 2 aromatic carbocycles. The maximum Gasteiger partial charge on any atom is 0.254 e. The number of nitrogens with zero attached hydrogens (tertiary/aromatic N) is 3. The van der Waals surface area contributed by atoms with E-state index in [2.05, 4.69) is 9.97 Å². The number of fused-ring (bicyclic) bond motifs is 2. The van der Waals surface area contributed by atoms with Gasteiger partial charge in [-0.25, -0.2) is 9.97 Å². The molecule has 0 aliphatic carbocycles. The van der Waals surface area contributed by atoms with Crippen LogP contribution in [0, 0.1) is 0 Å². The van der Waals surface area contributed by atoms with Crippen LogP contribution >= 0.6 is 0 Å². The predicted octanol–water partition coefficient (Wildman–Crippen LogP) is 2.41. The highest BCUT2D eigenvalue weighted by molar-refractivity contribution is 5.98. The molecule has 1 amide bonds. The summed E-state index contributed by atoms with van der Waals surface area (Å²) in [4.78, 5) is 22.9. The third-order valence-electron chi connectivity index (χ3n) is 4.25. The molecule has 5 heteroatoms. The first-order valence-corrected chi connectivity index (χ1v) is 7.59. The Morgan fingerprint density at radius 1 is 1.13 bits per heavy atom. The molecule has 3 aromatic rings. The lowest BCUT2D eigenvalue weighted by Gasteiger charge is -2.28. The fourth-order valence-corrected chi connectivity index (χ4v) is 3.00. The first-order chi connectivity index (χ1) is 11.2. The third-order valence-corrected chi connectivity index (χ3v) is 4.25. The van der Waals surface area contributed by atoms with Crippen molar-refractivity contribution in [3.05, 3.63) is 65.5 Å². The van der Waals surface area contributed by atoms with Crippen molar-refractivity contribution in [3.63, 3.8) is 0 Å². The SMILES string of the molecule is Nc1ncc2c(n1)CN(C(=O)c1ccc3ccccc3c1)CC2. The summed E-state index contributed by atoms with van der Waals surface area (Å²) in [6.45, 7) is 1.15. The van der Waals surface area contributed by atoms with Gasteiger partial charge in [0.05, 0.1) is 12.2 Å². The van der Waals surface area contributed by atoms with Gasteiger partial charge in [-0.1, -0.05) is 30.3 Å². The molecule has 0 atom stereocenters. The molecule has 0 saturated heterocycles. The predicted molar refractivity (Wildman–Crippen MR) is 88.8 cm³/mol. The fourth-order valence-electron chi connectivity index (χ4n) is 3.00. The van der Waals surface area contributed by atoms with Gasteiger partial charge in [-0.2, -0.15) is 0 Å². The minimum absolute atomic E-state index is 0.0265. The van der Waals surface area contributed by atoms with Crippen molar-refractivity contribution < 1.29 is 4.79 Å². The van der Waals surface area contributed by atoms with Crippen LogP contribution in [0.3, 0.4) is 0 Å². The van der Waals surface area contributed by atoms with Gasteiger partial charge in [-0.05, 0) is 34.9 Å². The molecular weight excluding hydrogens is 288 g/mol. The van der Waals surface area contributed by atoms with Crippen LogP contribution < -0.4 is 5.73 Å². The van der Waals surface area contributed by atoms with Crippen LogP contribution in [0.4, 0.5) is 5.95 Å². The normalized spacial score (nSPS) is 13.8. The molecule has 2 heterocycles. The zero-order valence-corrected chi connectivity index (χ0v) is 12.6. The molecule has 0 unspecified atom stereocenters. The van der Waals surface area contributed by atoms with E-state index in [1.165, 1.54) is 0 Å². The van der Waals surface area contributed by atoms with Gasteiger partial charge in [0.1, 0.15) is 0 Å². The summed E-state index contributed by atoms with van der Waals surface area (Å²) in [7, 11) is 0. The lowest BCUT2D eigenvalue weighted by atomic mass is 10.0. The van der Waals surface area contributed by atoms with Gasteiger partial charge in [0.15, 0.2) is 0 Å². The minimum Gasteiger partial charge on any atom is -0.368 e. The van der Waals surface area contributed by atoms with Gasteiger partial charge in [0.2, 0.25) is 5.95 Å². The Morgan fingerprint density at radius 3 is 2.83 bits per heavy atom. The number of anilines is 1. The van der Waals surface area contributed by atoms with Gasteiger partial charge in [0.25, 0.3) is 5.91 Å². The molecule has 0 radical (unpaired) electrons. The number of carbonyl (C=O) groups is 1. The Hall–Kier alpha value is -2.95. The Labute approximate surface area is 133 Å². The van der Waals surface area contributed by atoms with Crippen LogP contribution in [0.5, 0.6) is 0 Å². The topological polar surface area (TPSA) is 72.1 Å². The zero-order chi connectivity index (χ0) is 15.8. The van der Waals surface area contributed by atoms with Crippen molar-refractivity contribution in [2.75, 3.05) is 12.3 Å². The van der Waals surface area contributed by atoms with Crippen molar-refractivity contribution in [2.24, 2.45) is 0 Å². The van der Waals surface area contributed by atoms with Crippen molar-refractivity contribution in [1.29, 1.82) is 0 Å². The summed E-state index contributed by atoms with van der Waals surface area (Å²) in [5.41, 5.74) is 8.27. The van der Waals surface area contributed by atoms with E-state index < -0.39 is 0 Å². The minimum atomic E-state index is 0.0265. The fraction of sp³-hybridized carbons (Fsp3) is 0.167. The standard InChI is InChI=1S/C18H16N4O/c19-18-20-10-15-7-8-22(11-16(15)21-18)17(23)14-6-5-12-3-1-2-4-13(12)9-14/h1-6,9-10H,7-8,11H2,(H2,19,20,21). The second-order valence-electron chi connectivity index (χ2n) is 5.74. The van der Waals surface area contributed by atoms with E-state index in [0.717, 1.165) is 28.5 Å². The summed E-state index contributed by atoms with van der Waals surface area (Å²) in [6.07, 6.45) is 2.52. The van der Waals surface area contributed by atoms with Crippen molar-refractivity contribution >= 4 is 22.6 Å². The van der Waals surface area contributed by atoms with Crippen molar-refractivity contribution in [3.8, 4) is 0 Å². The van der Waals surface area contributed by atoms with E-state index in [9.17, 15) is 4.79 Å². The number of benzene rings is 2. The molecule has 0 spiro atoms. The average molecular weight is 304 g/mol. The number of aromatic nitrogens is 2. The summed E-state index contributed by atoms with van der Waals surface area (Å²) < 4.78 is 0. The number of nitrogen functional groups attached to an aromatic ring is 1. The lowest BCUT2D eigenvalue weighted by Crippen LogP contribution is -2.36. The van der Waals surface area contributed by atoms with Crippen LogP contribution in [0.15, 0.2) is 48.7 Å². The van der Waals surface area contributed by atoms with Gasteiger partial charge >= 0.3 is 0 Å². The van der Waals surface area contributed by atoms with Crippen molar-refractivity contribution in [2.45, 2.75) is 13.0 Å². The maximum absolute atomic E-state index is 12.8. The van der Waals surface area contributed by atoms with Crippen molar-refractivity contribution in [1.82, 2.24) is 14.9 Å². The highest BCUT2D eigenvalue weighted by atomic mass is 16.2. The van der Waals surface area contributed by atoms with Crippen LogP contribution in [0.2, 0.25) is 0 Å². The smallest absolute Gasteiger partial charge is 0.254 e. The lowest BCUT2D eigenvalue weighted by molar-refractivity contribution is 0.0732. The maximum atomic E-state index is 12.8. The van der Waals surface area contributed by atoms with E-state index in [-0.39, 0.29) is 11.9 Å². The first-order valence-electron chi connectivity index (χ1n) is 7.59. The van der Waals surface area contributed by atoms with Gasteiger partial charge in [-0.15, -0.1) is 0 Å². The molecule has 1 aromatic heterocycles. The molecule has 0 saturated carbocycles. The van der Waals surface area contributed by atoms with Gasteiger partial charge in [0, 0.05) is 18.3 Å². The molecule has 0 fully saturated rings. The largest absolute Gasteiger partial charge is 0.368 e. The number of nitrogens with two attached hydrogens (primary N) is 1. The van der Waals surface area contributed by atoms with E-state index in [4.69, 9.17) is 5.73 Å². The number of amides is 1. The Kier molecular flexibility index (Phi) is 3.19. The molecular formula is C18H16N4O. The van der Waals surface area contributed by atoms with Gasteiger partial charge < -0.3 is 10.6 Å². The molecule has 5 nitrogen and oxygen atoms in total. The van der Waals surface area contributed by atoms with Gasteiger partial charge in [-0.3, -0.25) is 4.79 Å². The molecule has 1 aliphatic heterocycles. The summed E-state index contributed by atoms with van der Waals surface area (Å²) >= 11 is 0. The third kappa shape index (κ3) is 2.50. The second-order valence-corrected chi connectivity index (χ2v) is 5.74. The van der Waals surface area contributed by atoms with Crippen LogP contribution in [-0.4, -0.2) is 27.3 Å². The van der Waals surface area contributed by atoms with Crippen LogP contribution in [-0.2, 0) is 13.0 Å². The number of hydrogen-bond acceptors (Lipinski definition) is 4. The van der Waals surface area contributed by atoms with E-state index >= 15 is 0 Å². The van der Waals surface area contributed by atoms with E-state index in [0.29, 0.717) is 18.7 Å². The highest BCUT2D eigenvalue weighted by Gasteiger charge is 2.23. The first kappa shape index (κ1) is 13.7. The highest BCUT2D eigenvalue weighted by Crippen LogP contribution is 2.21. The summed E-state index contributed by atoms with van der Waals surface area (Å²) in [6, 6.07) is 13.9. The van der Waals surface area contributed by atoms with E-state index in [1.54, 1.807) is 6.20 Å². The molecule has 1 aliphatic rings. The Bertz CT molecular complexity index is 906. The molecule has 4 rings (SSSR count). The quantitative estimate of drug-likeness (QED) is 0.749. The van der Waals surface area contributed by atoms with E-state index in [1.807, 2.05) is 47.4 Å². The van der Waals surface area contributed by atoms with Crippen LogP contribution in [0.25, 0.3) is 10.8 Å². The Balaban J connectivity index is 1.63. The average Bonchev–Trinajstić information content (AvgIpc) is 2.60. The molecule has 2 N–H and O–H groups in total. The zero-order valence-electron chi connectivity index (χ0n) is 12.6. The second kappa shape index (κ2) is 5.35. The number of carbonyl (C=O) groups excluding carboxylic acids is 1. The molecule has 23 heavy (non-hydrogen) atoms. The number of rotatable bonds is 1. The molecule has 114 valence electrons. The number of hydrogen-bond donors (Lipinski definition) is 1. The molecule has 0 bridgehead atoms. The summed E-state index contributed by atoms with van der Waals surface area (Å²) in [5.74, 6) is 0.280.